The van der Waals surface area contributed by atoms with E-state index in [1.165, 1.54) is 21.8 Å². The third-order valence-electron chi connectivity index (χ3n) is 12.3. The number of rotatable bonds is 4. The van der Waals surface area contributed by atoms with E-state index in [1.54, 1.807) is 0 Å². The van der Waals surface area contributed by atoms with Crippen molar-refractivity contribution in [2.45, 2.75) is 0 Å². The molecule has 0 unspecified atom stereocenters. The van der Waals surface area contributed by atoms with Crippen molar-refractivity contribution in [1.29, 1.82) is 0 Å². The average molecular weight is 754 g/mol. The Kier molecular flexibility index (Phi) is 6.78. The first kappa shape index (κ1) is 32.3. The molecule has 0 fully saturated rings. The van der Waals surface area contributed by atoms with Gasteiger partial charge in [0.1, 0.15) is 28.4 Å². The van der Waals surface area contributed by atoms with Crippen LogP contribution in [0.3, 0.4) is 0 Å². The van der Waals surface area contributed by atoms with Crippen LogP contribution in [0.25, 0.3) is 93.9 Å². The van der Waals surface area contributed by atoms with Gasteiger partial charge in [-0.2, -0.15) is 0 Å². The third-order valence-corrected chi connectivity index (χ3v) is 12.3. The lowest BCUT2D eigenvalue weighted by molar-refractivity contribution is 0.479. The number of hydrogen-bond acceptors (Lipinski definition) is 3. The zero-order chi connectivity index (χ0) is 38.6. The molecule has 0 aliphatic carbocycles. The molecule has 0 spiro atoms. The molecular formula is C54H32BNO3. The first-order valence-corrected chi connectivity index (χ1v) is 20.1. The smallest absolute Gasteiger partial charge is 0.434 e. The van der Waals surface area contributed by atoms with Crippen LogP contribution >= 0.6 is 0 Å². The highest BCUT2D eigenvalue weighted by Crippen LogP contribution is 2.45. The molecule has 11 aromatic rings. The van der Waals surface area contributed by atoms with E-state index in [0.717, 1.165) is 100 Å². The molecule has 0 amide bonds. The highest BCUT2D eigenvalue weighted by Gasteiger charge is 2.41. The molecule has 0 saturated heterocycles. The number of aromatic nitrogens is 1. The van der Waals surface area contributed by atoms with Gasteiger partial charge in [0.05, 0.1) is 16.7 Å². The summed E-state index contributed by atoms with van der Waals surface area (Å²) in [4.78, 5) is 0. The quantitative estimate of drug-likeness (QED) is 0.168. The van der Waals surface area contributed by atoms with Crippen LogP contribution in [0.4, 0.5) is 0 Å². The van der Waals surface area contributed by atoms with Gasteiger partial charge in [-0.25, -0.2) is 0 Å². The summed E-state index contributed by atoms with van der Waals surface area (Å²) in [5.74, 6) is 2.49. The second kappa shape index (κ2) is 12.4. The number of benzene rings is 9. The average Bonchev–Trinajstić information content (AvgIpc) is 3.84. The van der Waals surface area contributed by atoms with Crippen molar-refractivity contribution in [3.05, 3.63) is 194 Å². The van der Waals surface area contributed by atoms with Crippen molar-refractivity contribution < 1.29 is 13.8 Å². The molecule has 2 aliphatic heterocycles. The molecule has 274 valence electrons. The van der Waals surface area contributed by atoms with Gasteiger partial charge in [0.2, 0.25) is 0 Å². The van der Waals surface area contributed by atoms with Crippen molar-refractivity contribution in [1.82, 2.24) is 4.57 Å². The summed E-state index contributed by atoms with van der Waals surface area (Å²) in [6.07, 6.45) is 0. The lowest BCUT2D eigenvalue weighted by Crippen LogP contribution is -2.53. The Morgan fingerprint density at radius 3 is 1.86 bits per heavy atom. The van der Waals surface area contributed by atoms with Crippen molar-refractivity contribution in [3.8, 4) is 67.4 Å². The predicted molar refractivity (Wildman–Crippen MR) is 242 cm³/mol. The molecular weight excluding hydrogens is 721 g/mol. The van der Waals surface area contributed by atoms with Crippen LogP contribution in [0.5, 0.6) is 17.2 Å². The van der Waals surface area contributed by atoms with Crippen LogP contribution < -0.4 is 20.3 Å². The maximum Gasteiger partial charge on any atom is 0.434 e. The molecule has 2 aliphatic rings. The molecule has 4 nitrogen and oxygen atoms in total. The van der Waals surface area contributed by atoms with E-state index in [-0.39, 0.29) is 6.92 Å². The summed E-state index contributed by atoms with van der Waals surface area (Å²) in [6.45, 7) is -0.290. The van der Waals surface area contributed by atoms with E-state index in [4.69, 9.17) is 13.8 Å². The van der Waals surface area contributed by atoms with Gasteiger partial charge in [-0.05, 0) is 106 Å². The normalized spacial score (nSPS) is 12.6. The third kappa shape index (κ3) is 4.85. The minimum absolute atomic E-state index is 0.290. The van der Waals surface area contributed by atoms with Crippen LogP contribution in [0.1, 0.15) is 0 Å². The Bertz CT molecular complexity index is 3490. The zero-order valence-corrected chi connectivity index (χ0v) is 31.7. The summed E-state index contributed by atoms with van der Waals surface area (Å²) in [6, 6.07) is 69.0. The predicted octanol–water partition coefficient (Wildman–Crippen LogP) is 13.0. The maximum atomic E-state index is 6.95. The molecule has 0 atom stereocenters. The lowest BCUT2D eigenvalue weighted by Gasteiger charge is -2.33. The molecule has 0 saturated carbocycles. The van der Waals surface area contributed by atoms with Crippen molar-refractivity contribution in [3.63, 3.8) is 0 Å². The van der Waals surface area contributed by atoms with Crippen LogP contribution in [-0.4, -0.2) is 11.5 Å². The van der Waals surface area contributed by atoms with E-state index in [9.17, 15) is 0 Å². The minimum Gasteiger partial charge on any atom is -0.551 e. The largest absolute Gasteiger partial charge is 0.551 e. The highest BCUT2D eigenvalue weighted by atomic mass is 16.5. The zero-order valence-electron chi connectivity index (χ0n) is 31.7. The van der Waals surface area contributed by atoms with E-state index < -0.39 is 0 Å². The van der Waals surface area contributed by atoms with Crippen LogP contribution in [0, 0.1) is 0 Å². The van der Waals surface area contributed by atoms with E-state index in [2.05, 4.69) is 174 Å². The molecule has 0 radical (unpaired) electrons. The molecule has 0 N–H and O–H groups in total. The molecule has 9 aromatic carbocycles. The summed E-state index contributed by atoms with van der Waals surface area (Å²) in [5.41, 5.74) is 16.2. The lowest BCUT2D eigenvalue weighted by atomic mass is 9.50. The Balaban J connectivity index is 0.977. The van der Waals surface area contributed by atoms with Crippen molar-refractivity contribution in [2.24, 2.45) is 0 Å². The highest BCUT2D eigenvalue weighted by molar-refractivity contribution is 6.84. The van der Waals surface area contributed by atoms with E-state index in [0.29, 0.717) is 0 Å². The van der Waals surface area contributed by atoms with E-state index >= 15 is 0 Å². The fourth-order valence-corrected chi connectivity index (χ4v) is 9.57. The Labute approximate surface area is 340 Å². The van der Waals surface area contributed by atoms with Gasteiger partial charge in [-0.3, -0.25) is 0 Å². The van der Waals surface area contributed by atoms with Gasteiger partial charge in [0.15, 0.2) is 0 Å². The van der Waals surface area contributed by atoms with Crippen LogP contribution in [-0.2, 0) is 0 Å². The number of para-hydroxylation sites is 5. The van der Waals surface area contributed by atoms with Gasteiger partial charge >= 0.3 is 6.92 Å². The van der Waals surface area contributed by atoms with Gasteiger partial charge in [0.25, 0.3) is 0 Å². The monoisotopic (exact) mass is 753 g/mol. The van der Waals surface area contributed by atoms with Crippen molar-refractivity contribution >= 4 is 61.6 Å². The van der Waals surface area contributed by atoms with Gasteiger partial charge in [-0.15, -0.1) is 0 Å². The number of nitrogens with zero attached hydrogens (tertiary/aromatic N) is 1. The number of fused-ring (bicyclic) bond motifs is 10. The van der Waals surface area contributed by atoms with E-state index in [1.807, 2.05) is 24.3 Å². The van der Waals surface area contributed by atoms with Crippen LogP contribution in [0.15, 0.2) is 199 Å². The first-order valence-electron chi connectivity index (χ1n) is 20.1. The summed E-state index contributed by atoms with van der Waals surface area (Å²) < 4.78 is 22.4. The molecule has 59 heavy (non-hydrogen) atoms. The fourth-order valence-electron chi connectivity index (χ4n) is 9.57. The number of furan rings is 1. The van der Waals surface area contributed by atoms with Gasteiger partial charge < -0.3 is 18.4 Å². The number of hydrogen-bond donors (Lipinski definition) is 0. The second-order valence-electron chi connectivity index (χ2n) is 15.6. The summed E-state index contributed by atoms with van der Waals surface area (Å²) >= 11 is 0. The molecule has 2 aromatic heterocycles. The van der Waals surface area contributed by atoms with Gasteiger partial charge in [-0.1, -0.05) is 121 Å². The van der Waals surface area contributed by atoms with Crippen molar-refractivity contribution in [2.75, 3.05) is 0 Å². The summed E-state index contributed by atoms with van der Waals surface area (Å²) in [5, 5.41) is 4.73. The van der Waals surface area contributed by atoms with Gasteiger partial charge in [0, 0.05) is 43.6 Å². The molecule has 4 heterocycles. The second-order valence-corrected chi connectivity index (χ2v) is 15.6. The minimum atomic E-state index is -0.290. The maximum absolute atomic E-state index is 6.95. The molecule has 13 rings (SSSR count). The molecule has 5 heteroatoms. The Morgan fingerprint density at radius 2 is 1.02 bits per heavy atom. The SMILES string of the molecule is c1cc(-c2ccc3c(c2)-c2cc(-c4ccccc4-n4c5ccccc5c5ccccc54)cc4c2B(O3)c2ccccc2O4)cc(-c2ccc3c(c2)oc2ccccc23)c1. The Hall–Kier alpha value is -7.76. The summed E-state index contributed by atoms with van der Waals surface area (Å²) in [7, 11) is 0. The topological polar surface area (TPSA) is 36.5 Å². The number of ether oxygens (including phenoxy) is 1. The van der Waals surface area contributed by atoms with Crippen LogP contribution in [0.2, 0.25) is 0 Å². The fraction of sp³-hybridized carbons (Fsp3) is 0. The standard InChI is InChI=1S/C54H32BNO3/c1-6-19-46(56-47-20-7-2-15-39(47)40-16-3-8-21-48(40)56)38(14-1)37-30-44-43-29-35(25-27-50(43)59-55-45-18-5-10-23-51(45)58-53(32-37)54(44)55)33-12-11-13-34(28-33)36-24-26-42-41-17-4-9-22-49(41)57-52(42)31-36/h1-32H. The molecule has 0 bridgehead atoms. The first-order chi connectivity index (χ1) is 29.2. The Morgan fingerprint density at radius 1 is 0.373 bits per heavy atom.